The third kappa shape index (κ3) is 2.43. The van der Waals surface area contributed by atoms with Gasteiger partial charge in [0.05, 0.1) is 16.6 Å². The first-order valence-electron chi connectivity index (χ1n) is 7.21. The van der Waals surface area contributed by atoms with Crippen molar-refractivity contribution in [3.8, 4) is 0 Å². The highest BCUT2D eigenvalue weighted by Crippen LogP contribution is 2.39. The van der Waals surface area contributed by atoms with E-state index in [1.54, 1.807) is 16.8 Å². The minimum Gasteiger partial charge on any atom is -0.247 e. The molecule has 1 aromatic carbocycles. The zero-order chi connectivity index (χ0) is 15.3. The summed E-state index contributed by atoms with van der Waals surface area (Å²) in [5, 5.41) is 8.82. The second kappa shape index (κ2) is 5.04. The van der Waals surface area contributed by atoms with E-state index in [0.717, 1.165) is 5.69 Å². The van der Waals surface area contributed by atoms with E-state index in [9.17, 15) is 8.42 Å². The highest BCUT2D eigenvalue weighted by molar-refractivity contribution is 7.89. The third-order valence-electron chi connectivity index (χ3n) is 4.18. The highest BCUT2D eigenvalue weighted by Gasteiger charge is 2.39. The number of nitrogens with zero attached hydrogens (tertiary/aromatic N) is 4. The number of rotatable bonds is 4. The van der Waals surface area contributed by atoms with Gasteiger partial charge in [0, 0.05) is 30.2 Å². The van der Waals surface area contributed by atoms with E-state index in [1.807, 2.05) is 6.20 Å². The van der Waals surface area contributed by atoms with Gasteiger partial charge in [-0.2, -0.15) is 4.31 Å². The van der Waals surface area contributed by atoms with Crippen molar-refractivity contribution in [3.63, 3.8) is 0 Å². The molecule has 8 heteroatoms. The van der Waals surface area contributed by atoms with Crippen LogP contribution < -0.4 is 0 Å². The van der Waals surface area contributed by atoms with E-state index in [4.69, 9.17) is 11.6 Å². The Labute approximate surface area is 133 Å². The maximum atomic E-state index is 12.5. The van der Waals surface area contributed by atoms with Crippen molar-refractivity contribution in [2.75, 3.05) is 13.1 Å². The summed E-state index contributed by atoms with van der Waals surface area (Å²) in [5.41, 5.74) is 1.03. The van der Waals surface area contributed by atoms with Crippen LogP contribution in [0.15, 0.2) is 35.4 Å². The van der Waals surface area contributed by atoms with Crippen molar-refractivity contribution in [2.24, 2.45) is 0 Å². The Morgan fingerprint density at radius 2 is 1.82 bits per heavy atom. The molecule has 4 rings (SSSR count). The topological polar surface area (TPSA) is 68.1 Å². The van der Waals surface area contributed by atoms with E-state index in [2.05, 4.69) is 10.3 Å². The fraction of sp³-hybridized carbons (Fsp3) is 0.429. The van der Waals surface area contributed by atoms with Crippen LogP contribution in [0.1, 0.15) is 30.5 Å². The standard InChI is InChI=1S/C14H15ClN4O2S/c15-11-3-5-13(6-4-11)22(20,21)18-7-12(8-18)19-9-14(16-17-19)10-1-2-10/h3-6,9-10,12H,1-2,7-8H2. The lowest BCUT2D eigenvalue weighted by molar-refractivity contribution is 0.189. The molecule has 116 valence electrons. The summed E-state index contributed by atoms with van der Waals surface area (Å²) in [4.78, 5) is 0.271. The van der Waals surface area contributed by atoms with Crippen molar-refractivity contribution < 1.29 is 8.42 Å². The predicted octanol–water partition coefficient (Wildman–Crippen LogP) is 2.05. The van der Waals surface area contributed by atoms with Crippen LogP contribution in [-0.2, 0) is 10.0 Å². The lowest BCUT2D eigenvalue weighted by Crippen LogP contribution is -2.50. The number of hydrogen-bond acceptors (Lipinski definition) is 4. The number of sulfonamides is 1. The van der Waals surface area contributed by atoms with Crippen molar-refractivity contribution >= 4 is 21.6 Å². The second-order valence-corrected chi connectivity index (χ2v) is 8.20. The fourth-order valence-electron chi connectivity index (χ4n) is 2.57. The van der Waals surface area contributed by atoms with E-state index in [-0.39, 0.29) is 10.9 Å². The Hall–Kier alpha value is -1.44. The zero-order valence-corrected chi connectivity index (χ0v) is 13.3. The molecule has 0 N–H and O–H groups in total. The predicted molar refractivity (Wildman–Crippen MR) is 81.2 cm³/mol. The maximum absolute atomic E-state index is 12.5. The van der Waals surface area contributed by atoms with Crippen LogP contribution in [0, 0.1) is 0 Å². The first kappa shape index (κ1) is 14.2. The molecule has 1 saturated carbocycles. The average molecular weight is 339 g/mol. The molecule has 1 aliphatic carbocycles. The Kier molecular flexibility index (Phi) is 3.25. The van der Waals surface area contributed by atoms with Gasteiger partial charge in [0.15, 0.2) is 0 Å². The van der Waals surface area contributed by atoms with Gasteiger partial charge in [0.1, 0.15) is 0 Å². The van der Waals surface area contributed by atoms with Crippen LogP contribution in [0.5, 0.6) is 0 Å². The molecule has 1 saturated heterocycles. The fourth-order valence-corrected chi connectivity index (χ4v) is 4.21. The molecule has 0 bridgehead atoms. The molecule has 0 spiro atoms. The van der Waals surface area contributed by atoms with Crippen molar-refractivity contribution in [1.29, 1.82) is 0 Å². The van der Waals surface area contributed by atoms with Crippen LogP contribution in [0.4, 0.5) is 0 Å². The number of aromatic nitrogens is 3. The third-order valence-corrected chi connectivity index (χ3v) is 6.28. The first-order chi connectivity index (χ1) is 10.5. The summed E-state index contributed by atoms with van der Waals surface area (Å²) in [6.07, 6.45) is 4.31. The molecular weight excluding hydrogens is 324 g/mol. The summed E-state index contributed by atoms with van der Waals surface area (Å²) in [7, 11) is -3.44. The Morgan fingerprint density at radius 3 is 2.45 bits per heavy atom. The number of benzene rings is 1. The molecule has 0 unspecified atom stereocenters. The summed E-state index contributed by atoms with van der Waals surface area (Å²) in [6.45, 7) is 0.858. The van der Waals surface area contributed by atoms with Gasteiger partial charge in [0.25, 0.3) is 0 Å². The summed E-state index contributed by atoms with van der Waals surface area (Å²) in [5.74, 6) is 0.558. The van der Waals surface area contributed by atoms with Crippen LogP contribution >= 0.6 is 11.6 Å². The van der Waals surface area contributed by atoms with Crippen molar-refractivity contribution in [1.82, 2.24) is 19.3 Å². The molecule has 6 nitrogen and oxygen atoms in total. The Balaban J connectivity index is 1.46. The highest BCUT2D eigenvalue weighted by atomic mass is 35.5. The zero-order valence-electron chi connectivity index (χ0n) is 11.8. The summed E-state index contributed by atoms with van der Waals surface area (Å²) >= 11 is 5.80. The maximum Gasteiger partial charge on any atom is 0.243 e. The molecule has 0 amide bonds. The smallest absolute Gasteiger partial charge is 0.243 e. The minimum atomic E-state index is -3.44. The van der Waals surface area contributed by atoms with Gasteiger partial charge in [-0.15, -0.1) is 5.10 Å². The van der Waals surface area contributed by atoms with Gasteiger partial charge in [0.2, 0.25) is 10.0 Å². The SMILES string of the molecule is O=S(=O)(c1ccc(Cl)cc1)N1CC(n2cc(C3CC3)nn2)C1. The molecule has 2 fully saturated rings. The van der Waals surface area contributed by atoms with Crippen LogP contribution in [0.3, 0.4) is 0 Å². The average Bonchev–Trinajstić information content (AvgIpc) is 3.17. The van der Waals surface area contributed by atoms with Crippen LogP contribution in [0.2, 0.25) is 5.02 Å². The lowest BCUT2D eigenvalue weighted by atomic mass is 10.2. The molecule has 1 aliphatic heterocycles. The van der Waals surface area contributed by atoms with E-state index in [1.165, 1.54) is 29.3 Å². The molecule has 2 heterocycles. The second-order valence-electron chi connectivity index (χ2n) is 5.83. The molecular formula is C14H15ClN4O2S. The van der Waals surface area contributed by atoms with Gasteiger partial charge in [-0.3, -0.25) is 0 Å². The molecule has 1 aromatic heterocycles. The van der Waals surface area contributed by atoms with E-state index < -0.39 is 10.0 Å². The monoisotopic (exact) mass is 338 g/mol. The molecule has 2 aliphatic rings. The number of halogens is 1. The minimum absolute atomic E-state index is 0.0714. The van der Waals surface area contributed by atoms with Gasteiger partial charge >= 0.3 is 0 Å². The number of hydrogen-bond donors (Lipinski definition) is 0. The van der Waals surface area contributed by atoms with E-state index >= 15 is 0 Å². The quantitative estimate of drug-likeness (QED) is 0.855. The van der Waals surface area contributed by atoms with Gasteiger partial charge < -0.3 is 0 Å². The normalized spacial score (nSPS) is 20.0. The molecule has 2 aromatic rings. The van der Waals surface area contributed by atoms with Gasteiger partial charge in [-0.1, -0.05) is 16.8 Å². The Morgan fingerprint density at radius 1 is 1.14 bits per heavy atom. The molecule has 22 heavy (non-hydrogen) atoms. The molecule has 0 radical (unpaired) electrons. The van der Waals surface area contributed by atoms with Gasteiger partial charge in [-0.05, 0) is 37.1 Å². The lowest BCUT2D eigenvalue weighted by Gasteiger charge is -2.37. The summed E-state index contributed by atoms with van der Waals surface area (Å²) < 4.78 is 28.2. The largest absolute Gasteiger partial charge is 0.247 e. The Bertz CT molecular complexity index is 793. The van der Waals surface area contributed by atoms with Crippen LogP contribution in [0.25, 0.3) is 0 Å². The first-order valence-corrected chi connectivity index (χ1v) is 9.03. The summed E-state index contributed by atoms with van der Waals surface area (Å²) in [6, 6.07) is 6.31. The molecule has 0 atom stereocenters. The van der Waals surface area contributed by atoms with Crippen LogP contribution in [-0.4, -0.2) is 40.8 Å². The van der Waals surface area contributed by atoms with Crippen molar-refractivity contribution in [3.05, 3.63) is 41.2 Å². The van der Waals surface area contributed by atoms with Crippen molar-refractivity contribution in [2.45, 2.75) is 29.7 Å². The van der Waals surface area contributed by atoms with Gasteiger partial charge in [-0.25, -0.2) is 13.1 Å². The van der Waals surface area contributed by atoms with E-state index in [0.29, 0.717) is 24.0 Å².